The highest BCUT2D eigenvalue weighted by molar-refractivity contribution is 6.09. The molecule has 2 fully saturated rings. The fourth-order valence-corrected chi connectivity index (χ4v) is 4.28. The summed E-state index contributed by atoms with van der Waals surface area (Å²) in [4.78, 5) is 40.6. The van der Waals surface area contributed by atoms with Crippen LogP contribution in [0.2, 0.25) is 0 Å². The van der Waals surface area contributed by atoms with E-state index in [0.717, 1.165) is 5.56 Å². The molecule has 2 heterocycles. The molecule has 150 valence electrons. The van der Waals surface area contributed by atoms with E-state index in [1.54, 1.807) is 0 Å². The second-order valence-electron chi connectivity index (χ2n) is 7.51. The molecule has 6 nitrogen and oxygen atoms in total. The summed E-state index contributed by atoms with van der Waals surface area (Å²) in [5.74, 6) is -3.82. The first-order chi connectivity index (χ1) is 14.0. The molecule has 2 amide bonds. The smallest absolute Gasteiger partial charge is 0.308 e. The fourth-order valence-electron chi connectivity index (χ4n) is 4.28. The van der Waals surface area contributed by atoms with Crippen molar-refractivity contribution in [3.8, 4) is 0 Å². The lowest BCUT2D eigenvalue weighted by molar-refractivity contribution is -0.142. The second kappa shape index (κ2) is 7.66. The molecule has 4 rings (SSSR count). The van der Waals surface area contributed by atoms with Gasteiger partial charge in [-0.15, -0.1) is 0 Å². The van der Waals surface area contributed by atoms with Gasteiger partial charge in [0.25, 0.3) is 0 Å². The lowest BCUT2D eigenvalue weighted by Crippen LogP contribution is -2.39. The van der Waals surface area contributed by atoms with Crippen LogP contribution >= 0.6 is 0 Å². The van der Waals surface area contributed by atoms with Crippen molar-refractivity contribution >= 4 is 23.5 Å². The zero-order valence-electron chi connectivity index (χ0n) is 15.7. The lowest BCUT2D eigenvalue weighted by Gasteiger charge is -2.21. The fraction of sp³-hybridized carbons (Fsp3) is 0.318. The third-order valence-electron chi connectivity index (χ3n) is 5.82. The third-order valence-corrected chi connectivity index (χ3v) is 5.82. The Morgan fingerprint density at radius 1 is 1.00 bits per heavy atom. The van der Waals surface area contributed by atoms with E-state index in [-0.39, 0.29) is 30.8 Å². The number of hydrogen-bond donors (Lipinski definition) is 1. The lowest BCUT2D eigenvalue weighted by atomic mass is 9.89. The predicted molar refractivity (Wildman–Crippen MR) is 104 cm³/mol. The van der Waals surface area contributed by atoms with E-state index < -0.39 is 23.6 Å². The van der Waals surface area contributed by atoms with Crippen LogP contribution in [0.4, 0.5) is 10.1 Å². The van der Waals surface area contributed by atoms with E-state index >= 15 is 0 Å². The van der Waals surface area contributed by atoms with Crippen molar-refractivity contribution in [2.24, 2.45) is 11.8 Å². The molecule has 2 aromatic rings. The van der Waals surface area contributed by atoms with Crippen molar-refractivity contribution in [1.82, 2.24) is 4.90 Å². The van der Waals surface area contributed by atoms with Gasteiger partial charge in [-0.2, -0.15) is 0 Å². The van der Waals surface area contributed by atoms with Gasteiger partial charge in [-0.05, 0) is 36.2 Å². The monoisotopic (exact) mass is 396 g/mol. The Bertz CT molecular complexity index is 932. The summed E-state index contributed by atoms with van der Waals surface area (Å²) in [5.41, 5.74) is 1.43. The maximum absolute atomic E-state index is 13.1. The Labute approximate surface area is 167 Å². The summed E-state index contributed by atoms with van der Waals surface area (Å²) in [6.07, 6.45) is 0.360. The number of benzene rings is 2. The molecule has 2 aliphatic heterocycles. The standard InChI is InChI=1S/C22H21FN2O4/c23-15-6-8-16(9-7-15)25-11-10-17(21(25)27)20(26)24-12-18(19(13-24)22(28)29)14-4-2-1-3-5-14/h1-9,17-19H,10-13H2,(H,28,29). The molecular weight excluding hydrogens is 375 g/mol. The predicted octanol–water partition coefficient (Wildman–Crippen LogP) is 2.51. The number of carbonyl (C=O) groups is 3. The molecule has 0 aliphatic carbocycles. The van der Waals surface area contributed by atoms with Gasteiger partial charge in [0.2, 0.25) is 11.8 Å². The Kier molecular flexibility index (Phi) is 5.05. The van der Waals surface area contributed by atoms with Crippen molar-refractivity contribution in [1.29, 1.82) is 0 Å². The van der Waals surface area contributed by atoms with Crippen LogP contribution in [-0.4, -0.2) is 47.4 Å². The van der Waals surface area contributed by atoms with E-state index in [2.05, 4.69) is 0 Å². The summed E-state index contributed by atoms with van der Waals surface area (Å²) in [7, 11) is 0. The van der Waals surface area contributed by atoms with Crippen LogP contribution < -0.4 is 4.90 Å². The zero-order chi connectivity index (χ0) is 20.5. The van der Waals surface area contributed by atoms with Crippen LogP contribution in [0, 0.1) is 17.7 Å². The van der Waals surface area contributed by atoms with Crippen LogP contribution in [0.3, 0.4) is 0 Å². The van der Waals surface area contributed by atoms with Gasteiger partial charge in [0.1, 0.15) is 11.7 Å². The molecule has 29 heavy (non-hydrogen) atoms. The Balaban J connectivity index is 1.50. The van der Waals surface area contributed by atoms with Crippen LogP contribution in [-0.2, 0) is 14.4 Å². The van der Waals surface area contributed by atoms with Gasteiger partial charge >= 0.3 is 5.97 Å². The molecule has 2 aliphatic rings. The van der Waals surface area contributed by atoms with Gasteiger partial charge in [-0.3, -0.25) is 14.4 Å². The van der Waals surface area contributed by atoms with Crippen molar-refractivity contribution < 1.29 is 23.9 Å². The van der Waals surface area contributed by atoms with E-state index in [0.29, 0.717) is 18.7 Å². The molecule has 2 saturated heterocycles. The average molecular weight is 396 g/mol. The number of likely N-dealkylation sites (tertiary alicyclic amines) is 1. The van der Waals surface area contributed by atoms with E-state index in [1.807, 2.05) is 30.3 Å². The number of carbonyl (C=O) groups excluding carboxylic acids is 2. The Hall–Kier alpha value is -3.22. The molecular formula is C22H21FN2O4. The van der Waals surface area contributed by atoms with Gasteiger partial charge in [0, 0.05) is 31.2 Å². The molecule has 0 aromatic heterocycles. The first-order valence-electron chi connectivity index (χ1n) is 9.59. The molecule has 1 N–H and O–H groups in total. The summed E-state index contributed by atoms with van der Waals surface area (Å²) >= 11 is 0. The number of carboxylic acid groups (broad SMARTS) is 1. The summed E-state index contributed by atoms with van der Waals surface area (Å²) < 4.78 is 13.1. The van der Waals surface area contributed by atoms with E-state index in [9.17, 15) is 23.9 Å². The average Bonchev–Trinajstić information content (AvgIpc) is 3.33. The maximum Gasteiger partial charge on any atom is 0.308 e. The van der Waals surface area contributed by atoms with Crippen molar-refractivity contribution in [3.63, 3.8) is 0 Å². The molecule has 3 atom stereocenters. The molecule has 2 aromatic carbocycles. The minimum absolute atomic E-state index is 0.0913. The number of hydrogen-bond acceptors (Lipinski definition) is 3. The summed E-state index contributed by atoms with van der Waals surface area (Å²) in [6.45, 7) is 0.743. The SMILES string of the molecule is O=C(O)C1CN(C(=O)C2CCN(c3ccc(F)cc3)C2=O)CC1c1ccccc1. The highest BCUT2D eigenvalue weighted by Crippen LogP contribution is 2.35. The van der Waals surface area contributed by atoms with Gasteiger partial charge in [0.05, 0.1) is 5.92 Å². The van der Waals surface area contributed by atoms with Gasteiger partial charge in [-0.25, -0.2) is 4.39 Å². The Morgan fingerprint density at radius 2 is 1.69 bits per heavy atom. The number of anilines is 1. The summed E-state index contributed by atoms with van der Waals surface area (Å²) in [6, 6.07) is 14.9. The minimum atomic E-state index is -0.945. The van der Waals surface area contributed by atoms with Crippen LogP contribution in [0.5, 0.6) is 0 Å². The van der Waals surface area contributed by atoms with E-state index in [1.165, 1.54) is 34.1 Å². The zero-order valence-corrected chi connectivity index (χ0v) is 15.7. The molecule has 0 spiro atoms. The number of halogens is 1. The van der Waals surface area contributed by atoms with Gasteiger partial charge in [0.15, 0.2) is 0 Å². The maximum atomic E-state index is 13.1. The van der Waals surface area contributed by atoms with Crippen LogP contribution in [0.25, 0.3) is 0 Å². The topological polar surface area (TPSA) is 77.9 Å². The minimum Gasteiger partial charge on any atom is -0.481 e. The highest BCUT2D eigenvalue weighted by Gasteiger charge is 2.45. The molecule has 0 bridgehead atoms. The van der Waals surface area contributed by atoms with Gasteiger partial charge in [-0.1, -0.05) is 30.3 Å². The van der Waals surface area contributed by atoms with Crippen LogP contribution in [0.15, 0.2) is 54.6 Å². The first-order valence-corrected chi connectivity index (χ1v) is 9.59. The third kappa shape index (κ3) is 3.60. The van der Waals surface area contributed by atoms with Crippen LogP contribution in [0.1, 0.15) is 17.9 Å². The number of aliphatic carboxylic acids is 1. The number of amides is 2. The second-order valence-corrected chi connectivity index (χ2v) is 7.51. The molecule has 3 unspecified atom stereocenters. The normalized spacial score (nSPS) is 24.2. The van der Waals surface area contributed by atoms with Gasteiger partial charge < -0.3 is 14.9 Å². The summed E-state index contributed by atoms with van der Waals surface area (Å²) in [5, 5.41) is 9.63. The largest absolute Gasteiger partial charge is 0.481 e. The number of nitrogens with zero attached hydrogens (tertiary/aromatic N) is 2. The van der Waals surface area contributed by atoms with E-state index in [4.69, 9.17) is 0 Å². The van der Waals surface area contributed by atoms with Crippen molar-refractivity contribution in [2.75, 3.05) is 24.5 Å². The Morgan fingerprint density at radius 3 is 2.34 bits per heavy atom. The molecule has 0 radical (unpaired) electrons. The first kappa shape index (κ1) is 19.1. The number of carboxylic acids is 1. The molecule has 7 heteroatoms. The van der Waals surface area contributed by atoms with Crippen molar-refractivity contribution in [3.05, 3.63) is 66.0 Å². The number of rotatable bonds is 4. The quantitative estimate of drug-likeness (QED) is 0.806. The van der Waals surface area contributed by atoms with Crippen molar-refractivity contribution in [2.45, 2.75) is 12.3 Å². The highest BCUT2D eigenvalue weighted by atomic mass is 19.1. The molecule has 0 saturated carbocycles.